The fourth-order valence-electron chi connectivity index (χ4n) is 4.02. The molecule has 5 rings (SSSR count). The lowest BCUT2D eigenvalue weighted by atomic mass is 10.1. The van der Waals surface area contributed by atoms with Crippen molar-refractivity contribution in [1.82, 2.24) is 9.55 Å². The molecule has 3 heterocycles. The molecular formula is C20H20N4O3. The second-order valence-electron chi connectivity index (χ2n) is 7.09. The highest BCUT2D eigenvalue weighted by atomic mass is 16.7. The van der Waals surface area contributed by atoms with Gasteiger partial charge in [0.2, 0.25) is 12.7 Å². The number of aryl methyl sites for hydroxylation is 1. The summed E-state index contributed by atoms with van der Waals surface area (Å²) in [6.45, 7) is 3.85. The van der Waals surface area contributed by atoms with E-state index in [0.717, 1.165) is 33.8 Å². The molecule has 0 saturated carbocycles. The van der Waals surface area contributed by atoms with Gasteiger partial charge in [-0.05, 0) is 35.7 Å². The SMILES string of the molecule is Cc1cc(CN)c2nc(N3Cc4ccc5c(c4C3)OCO5)n(C)c(=O)c2c1. The van der Waals surface area contributed by atoms with Crippen LogP contribution in [0.5, 0.6) is 11.5 Å². The maximum Gasteiger partial charge on any atom is 0.262 e. The van der Waals surface area contributed by atoms with E-state index in [2.05, 4.69) is 11.0 Å². The zero-order valence-corrected chi connectivity index (χ0v) is 15.3. The van der Waals surface area contributed by atoms with Gasteiger partial charge in [-0.3, -0.25) is 9.36 Å². The smallest absolute Gasteiger partial charge is 0.262 e. The maximum atomic E-state index is 13.0. The first-order chi connectivity index (χ1) is 13.1. The van der Waals surface area contributed by atoms with Crippen LogP contribution in [0.25, 0.3) is 10.9 Å². The number of fused-ring (bicyclic) bond motifs is 4. The van der Waals surface area contributed by atoms with Gasteiger partial charge in [0.05, 0.1) is 17.4 Å². The number of ether oxygens (including phenoxy) is 2. The summed E-state index contributed by atoms with van der Waals surface area (Å²) >= 11 is 0. The lowest BCUT2D eigenvalue weighted by molar-refractivity contribution is 0.173. The van der Waals surface area contributed by atoms with Gasteiger partial charge in [0, 0.05) is 25.7 Å². The van der Waals surface area contributed by atoms with Crippen molar-refractivity contribution < 1.29 is 9.47 Å². The molecule has 0 bridgehead atoms. The highest BCUT2D eigenvalue weighted by Crippen LogP contribution is 2.42. The highest BCUT2D eigenvalue weighted by molar-refractivity contribution is 5.83. The van der Waals surface area contributed by atoms with Gasteiger partial charge in [0.25, 0.3) is 5.56 Å². The third kappa shape index (κ3) is 2.31. The third-order valence-electron chi connectivity index (χ3n) is 5.33. The molecule has 0 radical (unpaired) electrons. The molecule has 7 nitrogen and oxygen atoms in total. The van der Waals surface area contributed by atoms with E-state index in [9.17, 15) is 4.79 Å². The fourth-order valence-corrected chi connectivity index (χ4v) is 4.02. The molecule has 0 spiro atoms. The summed E-state index contributed by atoms with van der Waals surface area (Å²) in [5, 5.41) is 0.607. The van der Waals surface area contributed by atoms with Crippen LogP contribution in [-0.2, 0) is 26.7 Å². The molecule has 27 heavy (non-hydrogen) atoms. The number of benzene rings is 2. The summed E-state index contributed by atoms with van der Waals surface area (Å²) in [6.07, 6.45) is 0. The molecule has 2 aliphatic rings. The van der Waals surface area contributed by atoms with E-state index in [-0.39, 0.29) is 12.4 Å². The van der Waals surface area contributed by atoms with Crippen LogP contribution in [0, 0.1) is 6.92 Å². The van der Waals surface area contributed by atoms with Gasteiger partial charge in [-0.15, -0.1) is 0 Å². The van der Waals surface area contributed by atoms with Gasteiger partial charge in [-0.2, -0.15) is 0 Å². The average Bonchev–Trinajstić information content (AvgIpc) is 3.30. The maximum absolute atomic E-state index is 13.0. The van der Waals surface area contributed by atoms with Crippen LogP contribution >= 0.6 is 0 Å². The van der Waals surface area contributed by atoms with Crippen LogP contribution in [0.4, 0.5) is 5.95 Å². The Hall–Kier alpha value is -3.06. The zero-order chi connectivity index (χ0) is 18.7. The number of hydrogen-bond donors (Lipinski definition) is 1. The van der Waals surface area contributed by atoms with Crippen molar-refractivity contribution in [3.63, 3.8) is 0 Å². The average molecular weight is 364 g/mol. The van der Waals surface area contributed by atoms with Gasteiger partial charge >= 0.3 is 0 Å². The lowest BCUT2D eigenvalue weighted by Crippen LogP contribution is -2.28. The Morgan fingerprint density at radius 3 is 2.89 bits per heavy atom. The molecule has 7 heteroatoms. The van der Waals surface area contributed by atoms with Gasteiger partial charge in [-0.25, -0.2) is 4.98 Å². The molecule has 3 aromatic rings. The minimum Gasteiger partial charge on any atom is -0.454 e. The van der Waals surface area contributed by atoms with Crippen LogP contribution in [0.3, 0.4) is 0 Å². The molecular weight excluding hydrogens is 344 g/mol. The molecule has 2 aromatic carbocycles. The quantitative estimate of drug-likeness (QED) is 0.748. The fraction of sp³-hybridized carbons (Fsp3) is 0.300. The van der Waals surface area contributed by atoms with E-state index in [1.54, 1.807) is 11.6 Å². The molecule has 0 unspecified atom stereocenters. The van der Waals surface area contributed by atoms with E-state index >= 15 is 0 Å². The molecule has 2 aliphatic heterocycles. The van der Waals surface area contributed by atoms with Crippen molar-refractivity contribution in [1.29, 1.82) is 0 Å². The largest absolute Gasteiger partial charge is 0.454 e. The molecule has 2 N–H and O–H groups in total. The second kappa shape index (κ2) is 5.72. The van der Waals surface area contributed by atoms with Crippen molar-refractivity contribution in [2.24, 2.45) is 12.8 Å². The van der Waals surface area contributed by atoms with Crippen LogP contribution in [-0.4, -0.2) is 16.3 Å². The van der Waals surface area contributed by atoms with Gasteiger partial charge in [0.1, 0.15) is 0 Å². The van der Waals surface area contributed by atoms with E-state index in [0.29, 0.717) is 36.5 Å². The standard InChI is InChI=1S/C20H20N4O3/c1-11-5-13(7-21)17-14(6-11)19(25)23(2)20(22-17)24-8-12-3-4-16-18(15(12)9-24)27-10-26-16/h3-6H,7-10,21H2,1-2H3. The van der Waals surface area contributed by atoms with Crippen molar-refractivity contribution >= 4 is 16.9 Å². The van der Waals surface area contributed by atoms with Crippen molar-refractivity contribution in [2.45, 2.75) is 26.6 Å². The first kappa shape index (κ1) is 16.1. The second-order valence-corrected chi connectivity index (χ2v) is 7.09. The van der Waals surface area contributed by atoms with Crippen molar-refractivity contribution in [3.8, 4) is 11.5 Å². The summed E-state index contributed by atoms with van der Waals surface area (Å²) in [5.74, 6) is 2.21. The lowest BCUT2D eigenvalue weighted by Gasteiger charge is -2.20. The van der Waals surface area contributed by atoms with Crippen LogP contribution in [0.15, 0.2) is 29.1 Å². The molecule has 138 valence electrons. The predicted molar refractivity (Wildman–Crippen MR) is 102 cm³/mol. The monoisotopic (exact) mass is 364 g/mol. The number of anilines is 1. The van der Waals surface area contributed by atoms with Crippen molar-refractivity contribution in [2.75, 3.05) is 11.7 Å². The summed E-state index contributed by atoms with van der Waals surface area (Å²) in [6, 6.07) is 7.86. The van der Waals surface area contributed by atoms with E-state index in [4.69, 9.17) is 20.2 Å². The van der Waals surface area contributed by atoms with Crippen molar-refractivity contribution in [3.05, 3.63) is 56.9 Å². The summed E-state index contributed by atoms with van der Waals surface area (Å²) in [7, 11) is 1.77. The Labute approximate surface area is 155 Å². The summed E-state index contributed by atoms with van der Waals surface area (Å²) in [5.41, 5.74) is 10.7. The minimum absolute atomic E-state index is 0.0610. The predicted octanol–water partition coefficient (Wildman–Crippen LogP) is 1.95. The van der Waals surface area contributed by atoms with Gasteiger partial charge in [0.15, 0.2) is 11.5 Å². The Balaban J connectivity index is 1.65. The molecule has 0 saturated heterocycles. The normalized spacial score (nSPS) is 14.9. The third-order valence-corrected chi connectivity index (χ3v) is 5.33. The first-order valence-electron chi connectivity index (χ1n) is 8.92. The molecule has 0 atom stereocenters. The van der Waals surface area contributed by atoms with Crippen LogP contribution in [0.1, 0.15) is 22.3 Å². The number of hydrogen-bond acceptors (Lipinski definition) is 6. The van der Waals surface area contributed by atoms with Gasteiger partial charge in [-0.1, -0.05) is 12.1 Å². The summed E-state index contributed by atoms with van der Waals surface area (Å²) in [4.78, 5) is 19.9. The number of aromatic nitrogens is 2. The van der Waals surface area contributed by atoms with E-state index in [1.807, 2.05) is 25.1 Å². The van der Waals surface area contributed by atoms with E-state index in [1.165, 1.54) is 0 Å². The highest BCUT2D eigenvalue weighted by Gasteiger charge is 2.30. The Morgan fingerprint density at radius 1 is 1.22 bits per heavy atom. The Kier molecular flexibility index (Phi) is 3.42. The Morgan fingerprint density at radius 2 is 2.07 bits per heavy atom. The zero-order valence-electron chi connectivity index (χ0n) is 15.3. The van der Waals surface area contributed by atoms with E-state index < -0.39 is 0 Å². The van der Waals surface area contributed by atoms with Crippen LogP contribution < -0.4 is 25.7 Å². The molecule has 0 aliphatic carbocycles. The number of nitrogens with two attached hydrogens (primary N) is 1. The van der Waals surface area contributed by atoms with Crippen LogP contribution in [0.2, 0.25) is 0 Å². The molecule has 1 aromatic heterocycles. The molecule has 0 fully saturated rings. The first-order valence-corrected chi connectivity index (χ1v) is 8.92. The summed E-state index contributed by atoms with van der Waals surface area (Å²) < 4.78 is 12.7. The number of rotatable bonds is 2. The molecule has 0 amide bonds. The van der Waals surface area contributed by atoms with Gasteiger partial charge < -0.3 is 20.1 Å². The Bertz CT molecular complexity index is 1150. The topological polar surface area (TPSA) is 82.6 Å². The number of nitrogens with zero attached hydrogens (tertiary/aromatic N) is 3. The minimum atomic E-state index is -0.0610.